The van der Waals surface area contributed by atoms with Crippen molar-refractivity contribution in [3.05, 3.63) is 5.57 Å². The van der Waals surface area contributed by atoms with Crippen LogP contribution in [-0.4, -0.2) is 28.1 Å². The van der Waals surface area contributed by atoms with Crippen molar-refractivity contribution in [2.75, 3.05) is 0 Å². The van der Waals surface area contributed by atoms with Crippen LogP contribution >= 0.6 is 0 Å². The van der Waals surface area contributed by atoms with E-state index in [1.807, 2.05) is 0 Å². The summed E-state index contributed by atoms with van der Waals surface area (Å²) in [5, 5.41) is 16.6. The van der Waals surface area contributed by atoms with Crippen LogP contribution in [0.5, 0.6) is 0 Å². The van der Waals surface area contributed by atoms with E-state index in [4.69, 9.17) is 10.2 Å². The van der Waals surface area contributed by atoms with E-state index >= 15 is 0 Å². The van der Waals surface area contributed by atoms with Gasteiger partial charge in [-0.15, -0.1) is 0 Å². The summed E-state index contributed by atoms with van der Waals surface area (Å²) in [4.78, 5) is 30.4. The van der Waals surface area contributed by atoms with E-state index in [1.54, 1.807) is 5.94 Å². The van der Waals surface area contributed by atoms with Gasteiger partial charge in [0.2, 0.25) is 0 Å². The van der Waals surface area contributed by atoms with Gasteiger partial charge in [-0.3, -0.25) is 9.59 Å². The maximum absolute atomic E-state index is 10.2. The number of hydrogen-bond donors (Lipinski definition) is 2. The van der Waals surface area contributed by atoms with Crippen molar-refractivity contribution in [1.82, 2.24) is 0 Å². The summed E-state index contributed by atoms with van der Waals surface area (Å²) in [7, 11) is 0. The molecule has 0 aromatic heterocycles. The predicted molar refractivity (Wildman–Crippen MR) is 42.9 cm³/mol. The smallest absolute Gasteiger partial charge is 0.303 e. The zero-order valence-electron chi connectivity index (χ0n) is 6.95. The third-order valence-corrected chi connectivity index (χ3v) is 1.43. The van der Waals surface area contributed by atoms with Gasteiger partial charge >= 0.3 is 11.9 Å². The van der Waals surface area contributed by atoms with Crippen molar-refractivity contribution in [2.24, 2.45) is 0 Å². The summed E-state index contributed by atoms with van der Waals surface area (Å²) in [6.07, 6.45) is -0.174. The van der Waals surface area contributed by atoms with Crippen molar-refractivity contribution in [1.29, 1.82) is 0 Å². The van der Waals surface area contributed by atoms with E-state index in [-0.39, 0.29) is 31.3 Å². The molecular formula is C8H10O5. The Labute approximate surface area is 74.7 Å². The van der Waals surface area contributed by atoms with E-state index < -0.39 is 11.9 Å². The molecular weight excluding hydrogens is 176 g/mol. The molecule has 0 amide bonds. The van der Waals surface area contributed by atoms with E-state index in [1.165, 1.54) is 0 Å². The lowest BCUT2D eigenvalue weighted by atomic mass is 10.1. The highest BCUT2D eigenvalue weighted by Crippen LogP contribution is 2.08. The van der Waals surface area contributed by atoms with E-state index in [2.05, 4.69) is 0 Å². The van der Waals surface area contributed by atoms with Crippen LogP contribution in [0.25, 0.3) is 0 Å². The Kier molecular flexibility index (Phi) is 5.23. The summed E-state index contributed by atoms with van der Waals surface area (Å²) < 4.78 is 0. The van der Waals surface area contributed by atoms with Crippen LogP contribution in [-0.2, 0) is 14.4 Å². The Hall–Kier alpha value is -1.61. The first-order chi connectivity index (χ1) is 6.06. The maximum atomic E-state index is 10.2. The van der Waals surface area contributed by atoms with Crippen molar-refractivity contribution in [3.8, 4) is 0 Å². The first-order valence-corrected chi connectivity index (χ1v) is 3.72. The minimum atomic E-state index is -1.01. The van der Waals surface area contributed by atoms with Crippen LogP contribution in [0.2, 0.25) is 0 Å². The first-order valence-electron chi connectivity index (χ1n) is 3.72. The van der Waals surface area contributed by atoms with Crippen LogP contribution in [0, 0.1) is 0 Å². The lowest BCUT2D eigenvalue weighted by molar-refractivity contribution is -0.137. The third kappa shape index (κ3) is 6.77. The molecule has 0 saturated carbocycles. The molecule has 2 N–H and O–H groups in total. The quantitative estimate of drug-likeness (QED) is 0.588. The molecule has 0 aromatic rings. The topological polar surface area (TPSA) is 91.7 Å². The molecule has 0 atom stereocenters. The standard InChI is InChI=1S/C8H10O5/c9-5-6(1-3-7(10)11)2-4-8(12)13/h1-4H2,(H,10,11)(H,12,13). The molecule has 0 heterocycles. The molecule has 13 heavy (non-hydrogen) atoms. The van der Waals surface area contributed by atoms with Crippen molar-refractivity contribution in [3.63, 3.8) is 0 Å². The number of hydrogen-bond acceptors (Lipinski definition) is 3. The largest absolute Gasteiger partial charge is 0.481 e. The SMILES string of the molecule is O=C=C(CCC(=O)O)CCC(=O)O. The second kappa shape index (κ2) is 5.97. The highest BCUT2D eigenvalue weighted by molar-refractivity contribution is 5.69. The number of allylic oxidation sites excluding steroid dienone is 1. The van der Waals surface area contributed by atoms with Crippen LogP contribution in [0.1, 0.15) is 25.7 Å². The monoisotopic (exact) mass is 186 g/mol. The average molecular weight is 186 g/mol. The van der Waals surface area contributed by atoms with Gasteiger partial charge in [0.25, 0.3) is 0 Å². The summed E-state index contributed by atoms with van der Waals surface area (Å²) in [5.41, 5.74) is 0.213. The van der Waals surface area contributed by atoms with E-state index in [0.717, 1.165) is 0 Å². The highest BCUT2D eigenvalue weighted by atomic mass is 16.4. The fourth-order valence-electron chi connectivity index (χ4n) is 0.743. The normalized spacial score (nSPS) is 8.92. The molecule has 72 valence electrons. The molecule has 0 saturated heterocycles. The molecule has 0 radical (unpaired) electrons. The van der Waals surface area contributed by atoms with Gasteiger partial charge < -0.3 is 10.2 Å². The Bertz CT molecular complexity index is 229. The number of carboxylic acids is 2. The summed E-state index contributed by atoms with van der Waals surface area (Å²) in [6.45, 7) is 0. The van der Waals surface area contributed by atoms with Crippen molar-refractivity contribution >= 4 is 17.9 Å². The summed E-state index contributed by atoms with van der Waals surface area (Å²) >= 11 is 0. The zero-order valence-corrected chi connectivity index (χ0v) is 6.95. The molecule has 0 fully saturated rings. The van der Waals surface area contributed by atoms with Gasteiger partial charge in [-0.05, 0) is 12.8 Å². The molecule has 0 rings (SSSR count). The van der Waals surface area contributed by atoms with Crippen molar-refractivity contribution < 1.29 is 24.6 Å². The predicted octanol–water partition coefficient (Wildman–Crippen LogP) is 0.474. The van der Waals surface area contributed by atoms with E-state index in [0.29, 0.717) is 0 Å². The Morgan fingerprint density at radius 1 is 0.923 bits per heavy atom. The number of rotatable bonds is 6. The van der Waals surface area contributed by atoms with Crippen LogP contribution in [0.3, 0.4) is 0 Å². The maximum Gasteiger partial charge on any atom is 0.303 e. The van der Waals surface area contributed by atoms with Gasteiger partial charge in [0.1, 0.15) is 5.94 Å². The Morgan fingerprint density at radius 2 is 1.31 bits per heavy atom. The van der Waals surface area contributed by atoms with Gasteiger partial charge in [0.05, 0.1) is 0 Å². The minimum absolute atomic E-state index is 0.0755. The second-order valence-electron chi connectivity index (χ2n) is 2.49. The molecule has 0 bridgehead atoms. The lowest BCUT2D eigenvalue weighted by Gasteiger charge is -1.97. The number of carbonyl (C=O) groups excluding carboxylic acids is 1. The lowest BCUT2D eigenvalue weighted by Crippen LogP contribution is -1.99. The Morgan fingerprint density at radius 3 is 1.54 bits per heavy atom. The molecule has 0 spiro atoms. The number of aliphatic carboxylic acids is 2. The van der Waals surface area contributed by atoms with Gasteiger partial charge in [-0.25, -0.2) is 4.79 Å². The second-order valence-corrected chi connectivity index (χ2v) is 2.49. The Balaban J connectivity index is 3.85. The molecule has 0 aliphatic heterocycles. The fraction of sp³-hybridized carbons (Fsp3) is 0.500. The summed E-state index contributed by atoms with van der Waals surface area (Å²) in [5.74, 6) is -0.469. The fourth-order valence-corrected chi connectivity index (χ4v) is 0.743. The van der Waals surface area contributed by atoms with Gasteiger partial charge in [0.15, 0.2) is 0 Å². The third-order valence-electron chi connectivity index (χ3n) is 1.43. The molecule has 0 unspecified atom stereocenters. The minimum Gasteiger partial charge on any atom is -0.481 e. The van der Waals surface area contributed by atoms with Crippen LogP contribution in [0.4, 0.5) is 0 Å². The van der Waals surface area contributed by atoms with Crippen LogP contribution < -0.4 is 0 Å². The number of carboxylic acid groups (broad SMARTS) is 2. The van der Waals surface area contributed by atoms with Gasteiger partial charge in [0, 0.05) is 18.4 Å². The first kappa shape index (κ1) is 11.4. The zero-order chi connectivity index (χ0) is 10.3. The average Bonchev–Trinajstić information content (AvgIpc) is 2.04. The molecule has 0 aliphatic carbocycles. The molecule has 0 aromatic carbocycles. The molecule has 5 heteroatoms. The van der Waals surface area contributed by atoms with E-state index in [9.17, 15) is 14.4 Å². The molecule has 5 nitrogen and oxygen atoms in total. The summed E-state index contributed by atoms with van der Waals surface area (Å²) in [6, 6.07) is 0. The van der Waals surface area contributed by atoms with Crippen LogP contribution in [0.15, 0.2) is 5.57 Å². The van der Waals surface area contributed by atoms with Crippen molar-refractivity contribution in [2.45, 2.75) is 25.7 Å². The van der Waals surface area contributed by atoms with Gasteiger partial charge in [-0.2, -0.15) is 0 Å². The highest BCUT2D eigenvalue weighted by Gasteiger charge is 2.05. The van der Waals surface area contributed by atoms with Gasteiger partial charge in [-0.1, -0.05) is 0 Å². The molecule has 0 aliphatic rings. The number of carbonyl (C=O) groups is 2.